The van der Waals surface area contributed by atoms with Crippen molar-refractivity contribution in [3.05, 3.63) is 23.3 Å². The number of piperidine rings is 1. The SMILES string of the molecule is COc1cc(OC)c(C(C)(C)F)cc1CC1CCCCN1. The number of halogens is 1. The van der Waals surface area contributed by atoms with Crippen LogP contribution in [-0.4, -0.2) is 26.8 Å². The summed E-state index contributed by atoms with van der Waals surface area (Å²) in [6.07, 6.45) is 4.50. The van der Waals surface area contributed by atoms with E-state index in [0.29, 0.717) is 17.4 Å². The minimum absolute atomic E-state index is 0.441. The van der Waals surface area contributed by atoms with E-state index in [0.717, 1.165) is 30.7 Å². The van der Waals surface area contributed by atoms with Crippen LogP contribution in [0.2, 0.25) is 0 Å². The van der Waals surface area contributed by atoms with Gasteiger partial charge >= 0.3 is 0 Å². The van der Waals surface area contributed by atoms with E-state index in [1.807, 2.05) is 6.07 Å². The highest BCUT2D eigenvalue weighted by Crippen LogP contribution is 2.38. The Hall–Kier alpha value is -1.29. The third kappa shape index (κ3) is 3.88. The summed E-state index contributed by atoms with van der Waals surface area (Å²) in [7, 11) is 3.21. The maximum Gasteiger partial charge on any atom is 0.134 e. The lowest BCUT2D eigenvalue weighted by molar-refractivity contribution is 0.213. The van der Waals surface area contributed by atoms with Gasteiger partial charge in [0.2, 0.25) is 0 Å². The van der Waals surface area contributed by atoms with Gasteiger partial charge < -0.3 is 14.8 Å². The number of hydrogen-bond donors (Lipinski definition) is 1. The molecule has 3 nitrogen and oxygen atoms in total. The molecule has 0 amide bonds. The van der Waals surface area contributed by atoms with Crippen LogP contribution in [0.15, 0.2) is 12.1 Å². The van der Waals surface area contributed by atoms with Gasteiger partial charge in [0.15, 0.2) is 0 Å². The Bertz CT molecular complexity index is 476. The number of alkyl halides is 1. The molecule has 0 aromatic heterocycles. The highest BCUT2D eigenvalue weighted by molar-refractivity contribution is 5.49. The lowest BCUT2D eigenvalue weighted by Gasteiger charge is -2.26. The molecule has 1 aromatic carbocycles. The predicted molar refractivity (Wildman–Crippen MR) is 83.0 cm³/mol. The molecule has 1 atom stereocenters. The first kappa shape index (κ1) is 16.1. The quantitative estimate of drug-likeness (QED) is 0.900. The van der Waals surface area contributed by atoms with E-state index in [1.54, 1.807) is 34.1 Å². The molecular formula is C17H26FNO2. The second kappa shape index (κ2) is 6.65. The van der Waals surface area contributed by atoms with Crippen molar-refractivity contribution in [3.8, 4) is 11.5 Å². The summed E-state index contributed by atoms with van der Waals surface area (Å²) in [5.74, 6) is 1.31. The van der Waals surface area contributed by atoms with Crippen molar-refractivity contribution in [1.29, 1.82) is 0 Å². The van der Waals surface area contributed by atoms with Crippen LogP contribution in [-0.2, 0) is 12.1 Å². The fraction of sp³-hybridized carbons (Fsp3) is 0.647. The molecule has 1 aliphatic rings. The Balaban J connectivity index is 2.33. The largest absolute Gasteiger partial charge is 0.496 e. The van der Waals surface area contributed by atoms with Crippen LogP contribution < -0.4 is 14.8 Å². The van der Waals surface area contributed by atoms with E-state index in [4.69, 9.17) is 9.47 Å². The molecule has 1 N–H and O–H groups in total. The molecule has 0 spiro atoms. The van der Waals surface area contributed by atoms with Crippen molar-refractivity contribution in [1.82, 2.24) is 5.32 Å². The summed E-state index contributed by atoms with van der Waals surface area (Å²) >= 11 is 0. The molecule has 0 saturated carbocycles. The molecule has 0 bridgehead atoms. The molecule has 1 heterocycles. The topological polar surface area (TPSA) is 30.5 Å². The molecule has 2 rings (SSSR count). The summed E-state index contributed by atoms with van der Waals surface area (Å²) in [6.45, 7) is 4.17. The summed E-state index contributed by atoms with van der Waals surface area (Å²) < 4.78 is 25.2. The third-order valence-corrected chi connectivity index (χ3v) is 4.12. The highest BCUT2D eigenvalue weighted by Gasteiger charge is 2.26. The highest BCUT2D eigenvalue weighted by atomic mass is 19.1. The van der Waals surface area contributed by atoms with Crippen LogP contribution in [0.4, 0.5) is 4.39 Å². The Morgan fingerprint density at radius 3 is 2.43 bits per heavy atom. The van der Waals surface area contributed by atoms with Gasteiger partial charge in [0.05, 0.1) is 14.2 Å². The fourth-order valence-electron chi connectivity index (χ4n) is 2.95. The van der Waals surface area contributed by atoms with Crippen LogP contribution in [0.1, 0.15) is 44.2 Å². The van der Waals surface area contributed by atoms with E-state index >= 15 is 0 Å². The van der Waals surface area contributed by atoms with Crippen molar-refractivity contribution in [2.45, 2.75) is 51.2 Å². The van der Waals surface area contributed by atoms with E-state index in [1.165, 1.54) is 12.8 Å². The van der Waals surface area contributed by atoms with Gasteiger partial charge in [-0.1, -0.05) is 6.42 Å². The van der Waals surface area contributed by atoms with Gasteiger partial charge in [-0.3, -0.25) is 0 Å². The Labute approximate surface area is 126 Å². The van der Waals surface area contributed by atoms with Crippen LogP contribution in [0.25, 0.3) is 0 Å². The molecule has 0 radical (unpaired) electrons. The number of nitrogens with one attached hydrogen (secondary N) is 1. The normalized spacial score (nSPS) is 19.4. The monoisotopic (exact) mass is 295 g/mol. The second-order valence-electron chi connectivity index (χ2n) is 6.19. The summed E-state index contributed by atoms with van der Waals surface area (Å²) in [6, 6.07) is 4.14. The lowest BCUT2D eigenvalue weighted by Crippen LogP contribution is -2.35. The molecular weight excluding hydrogens is 269 g/mol. The summed E-state index contributed by atoms with van der Waals surface area (Å²) in [4.78, 5) is 0. The number of hydrogen-bond acceptors (Lipinski definition) is 3. The Kier molecular flexibility index (Phi) is 5.09. The van der Waals surface area contributed by atoms with Crippen molar-refractivity contribution >= 4 is 0 Å². The second-order valence-corrected chi connectivity index (χ2v) is 6.19. The number of rotatable bonds is 5. The van der Waals surface area contributed by atoms with E-state index < -0.39 is 5.67 Å². The van der Waals surface area contributed by atoms with Crippen LogP contribution >= 0.6 is 0 Å². The molecule has 1 saturated heterocycles. The van der Waals surface area contributed by atoms with E-state index in [-0.39, 0.29) is 0 Å². The van der Waals surface area contributed by atoms with Crippen molar-refractivity contribution < 1.29 is 13.9 Å². The maximum absolute atomic E-state index is 14.4. The number of ether oxygens (including phenoxy) is 2. The standard InChI is InChI=1S/C17H26FNO2/c1-17(2,18)14-10-12(9-13-7-5-6-8-19-13)15(20-3)11-16(14)21-4/h10-11,13,19H,5-9H2,1-4H3. The van der Waals surface area contributed by atoms with Crippen molar-refractivity contribution in [2.24, 2.45) is 0 Å². The predicted octanol–water partition coefficient (Wildman–Crippen LogP) is 3.59. The van der Waals surface area contributed by atoms with Gasteiger partial charge in [0, 0.05) is 17.7 Å². The fourth-order valence-corrected chi connectivity index (χ4v) is 2.95. The molecule has 1 aliphatic heterocycles. The van der Waals surface area contributed by atoms with Gasteiger partial charge in [-0.15, -0.1) is 0 Å². The smallest absolute Gasteiger partial charge is 0.134 e. The number of benzene rings is 1. The Morgan fingerprint density at radius 1 is 1.19 bits per heavy atom. The maximum atomic E-state index is 14.4. The first-order valence-electron chi connectivity index (χ1n) is 7.63. The van der Waals surface area contributed by atoms with E-state index in [2.05, 4.69) is 5.32 Å². The first-order chi connectivity index (χ1) is 9.95. The molecule has 21 heavy (non-hydrogen) atoms. The summed E-state index contributed by atoms with van der Waals surface area (Å²) in [5.41, 5.74) is 0.182. The molecule has 1 unspecified atom stereocenters. The molecule has 4 heteroatoms. The summed E-state index contributed by atoms with van der Waals surface area (Å²) in [5, 5.41) is 3.53. The molecule has 1 aromatic rings. The zero-order valence-electron chi connectivity index (χ0n) is 13.5. The molecule has 1 fully saturated rings. The van der Waals surface area contributed by atoms with Gasteiger partial charge in [-0.05, 0) is 51.3 Å². The van der Waals surface area contributed by atoms with E-state index in [9.17, 15) is 4.39 Å². The van der Waals surface area contributed by atoms with Gasteiger partial charge in [-0.2, -0.15) is 0 Å². The molecule has 118 valence electrons. The zero-order chi connectivity index (χ0) is 15.5. The van der Waals surface area contributed by atoms with Crippen LogP contribution in [0, 0.1) is 0 Å². The Morgan fingerprint density at radius 2 is 1.90 bits per heavy atom. The lowest BCUT2D eigenvalue weighted by atomic mass is 9.92. The van der Waals surface area contributed by atoms with Gasteiger partial charge in [0.1, 0.15) is 17.2 Å². The first-order valence-corrected chi connectivity index (χ1v) is 7.63. The minimum atomic E-state index is -1.44. The zero-order valence-corrected chi connectivity index (χ0v) is 13.5. The van der Waals surface area contributed by atoms with Gasteiger partial charge in [0.25, 0.3) is 0 Å². The van der Waals surface area contributed by atoms with Crippen molar-refractivity contribution in [3.63, 3.8) is 0 Å². The minimum Gasteiger partial charge on any atom is -0.496 e. The van der Waals surface area contributed by atoms with Gasteiger partial charge in [-0.25, -0.2) is 4.39 Å². The molecule has 0 aliphatic carbocycles. The average Bonchev–Trinajstić information content (AvgIpc) is 2.47. The average molecular weight is 295 g/mol. The van der Waals surface area contributed by atoms with Crippen LogP contribution in [0.3, 0.4) is 0 Å². The third-order valence-electron chi connectivity index (χ3n) is 4.12. The van der Waals surface area contributed by atoms with Crippen LogP contribution in [0.5, 0.6) is 11.5 Å². The number of methoxy groups -OCH3 is 2. The van der Waals surface area contributed by atoms with Crippen molar-refractivity contribution in [2.75, 3.05) is 20.8 Å².